The Kier molecular flexibility index (Phi) is 7.84. The van der Waals surface area contributed by atoms with Gasteiger partial charge in [-0.3, -0.25) is 0 Å². The van der Waals surface area contributed by atoms with E-state index in [2.05, 4.69) is 19.2 Å². The van der Waals surface area contributed by atoms with Gasteiger partial charge in [0.15, 0.2) is 0 Å². The monoisotopic (exact) mass is 277 g/mol. The maximum Gasteiger partial charge on any atom is 0.261 e. The van der Waals surface area contributed by atoms with Crippen LogP contribution < -0.4 is 5.32 Å². The molecule has 2 nitrogen and oxygen atoms in total. The number of hydrogen-bond donors (Lipinski definition) is 1. The van der Waals surface area contributed by atoms with Crippen LogP contribution in [0.25, 0.3) is 0 Å². The highest BCUT2D eigenvalue weighted by Gasteiger charge is 2.36. The Hall–Kier alpha value is -0.220. The number of rotatable bonds is 9. The van der Waals surface area contributed by atoms with E-state index in [0.29, 0.717) is 6.54 Å². The van der Waals surface area contributed by atoms with Crippen molar-refractivity contribution in [2.75, 3.05) is 19.7 Å². The molecule has 1 saturated carbocycles. The highest BCUT2D eigenvalue weighted by Crippen LogP contribution is 2.36. The maximum absolute atomic E-state index is 12.4. The van der Waals surface area contributed by atoms with Gasteiger partial charge in [0.05, 0.1) is 5.60 Å². The molecule has 0 bridgehead atoms. The summed E-state index contributed by atoms with van der Waals surface area (Å²) < 4.78 is 30.4. The summed E-state index contributed by atoms with van der Waals surface area (Å²) in [6.45, 7) is 5.53. The summed E-state index contributed by atoms with van der Waals surface area (Å²) in [5.74, 6) is 0.763. The smallest absolute Gasteiger partial charge is 0.261 e. The number of halogens is 2. The molecule has 0 unspecified atom stereocenters. The van der Waals surface area contributed by atoms with Crippen molar-refractivity contribution in [3.63, 3.8) is 0 Å². The van der Waals surface area contributed by atoms with E-state index in [1.165, 1.54) is 12.8 Å². The first-order valence-corrected chi connectivity index (χ1v) is 7.74. The van der Waals surface area contributed by atoms with Gasteiger partial charge < -0.3 is 10.1 Å². The Labute approximate surface area is 116 Å². The van der Waals surface area contributed by atoms with Crippen LogP contribution in [0.5, 0.6) is 0 Å². The second kappa shape index (κ2) is 8.85. The molecule has 0 amide bonds. The number of alkyl halides is 2. The zero-order valence-corrected chi connectivity index (χ0v) is 12.4. The van der Waals surface area contributed by atoms with Crippen molar-refractivity contribution < 1.29 is 13.5 Å². The second-order valence-corrected chi connectivity index (χ2v) is 5.79. The van der Waals surface area contributed by atoms with Gasteiger partial charge in [0.25, 0.3) is 6.43 Å². The minimum atomic E-state index is -2.36. The van der Waals surface area contributed by atoms with E-state index in [0.717, 1.165) is 44.6 Å². The zero-order chi connectivity index (χ0) is 14.1. The Bertz CT molecular complexity index is 228. The third-order valence-electron chi connectivity index (χ3n) is 4.10. The second-order valence-electron chi connectivity index (χ2n) is 5.79. The molecule has 0 atom stereocenters. The topological polar surface area (TPSA) is 21.3 Å². The van der Waals surface area contributed by atoms with Crippen LogP contribution in [-0.2, 0) is 4.74 Å². The molecular weight excluding hydrogens is 248 g/mol. The molecule has 0 aromatic carbocycles. The summed E-state index contributed by atoms with van der Waals surface area (Å²) >= 11 is 0. The highest BCUT2D eigenvalue weighted by atomic mass is 19.3. The molecule has 1 aliphatic rings. The van der Waals surface area contributed by atoms with Gasteiger partial charge in [-0.25, -0.2) is 8.78 Å². The lowest BCUT2D eigenvalue weighted by atomic mass is 9.77. The molecule has 0 aromatic heterocycles. The van der Waals surface area contributed by atoms with E-state index in [1.807, 2.05) is 0 Å². The van der Waals surface area contributed by atoms with Crippen LogP contribution in [0.2, 0.25) is 0 Å². The number of ether oxygens (including phenoxy) is 1. The molecule has 0 spiro atoms. The zero-order valence-electron chi connectivity index (χ0n) is 12.4. The first kappa shape index (κ1) is 16.8. The fourth-order valence-corrected chi connectivity index (χ4v) is 3.01. The number of hydrogen-bond acceptors (Lipinski definition) is 2. The average Bonchev–Trinajstić information content (AvgIpc) is 2.40. The predicted molar refractivity (Wildman–Crippen MR) is 74.7 cm³/mol. The van der Waals surface area contributed by atoms with Gasteiger partial charge in [-0.2, -0.15) is 0 Å². The van der Waals surface area contributed by atoms with Crippen molar-refractivity contribution in [2.24, 2.45) is 5.92 Å². The first-order valence-electron chi connectivity index (χ1n) is 7.74. The van der Waals surface area contributed by atoms with E-state index < -0.39 is 13.0 Å². The van der Waals surface area contributed by atoms with Crippen LogP contribution in [-0.4, -0.2) is 31.7 Å². The van der Waals surface area contributed by atoms with E-state index >= 15 is 0 Å². The molecule has 0 aliphatic heterocycles. The van der Waals surface area contributed by atoms with Crippen molar-refractivity contribution in [1.82, 2.24) is 5.32 Å². The minimum Gasteiger partial charge on any atom is -0.368 e. The molecule has 0 heterocycles. The molecule has 19 heavy (non-hydrogen) atoms. The maximum atomic E-state index is 12.4. The lowest BCUT2D eigenvalue weighted by Gasteiger charge is -2.40. The summed E-state index contributed by atoms with van der Waals surface area (Å²) in [6.07, 6.45) is 5.23. The van der Waals surface area contributed by atoms with Crippen LogP contribution in [0.3, 0.4) is 0 Å². The summed E-state index contributed by atoms with van der Waals surface area (Å²) in [5.41, 5.74) is -0.351. The summed E-state index contributed by atoms with van der Waals surface area (Å²) in [5, 5.41) is 3.35. The first-order chi connectivity index (χ1) is 9.12. The third-order valence-corrected chi connectivity index (χ3v) is 4.10. The van der Waals surface area contributed by atoms with E-state index in [9.17, 15) is 8.78 Å². The van der Waals surface area contributed by atoms with Crippen molar-refractivity contribution >= 4 is 0 Å². The lowest BCUT2D eigenvalue weighted by molar-refractivity contribution is -0.111. The van der Waals surface area contributed by atoms with Crippen LogP contribution >= 0.6 is 0 Å². The Morgan fingerprint density at radius 1 is 1.21 bits per heavy atom. The number of nitrogens with one attached hydrogen (secondary N) is 1. The Morgan fingerprint density at radius 3 is 2.42 bits per heavy atom. The fraction of sp³-hybridized carbons (Fsp3) is 1.00. The summed E-state index contributed by atoms with van der Waals surface area (Å²) in [7, 11) is 0. The normalized spacial score (nSPS) is 27.9. The largest absolute Gasteiger partial charge is 0.368 e. The Morgan fingerprint density at radius 2 is 1.89 bits per heavy atom. The fourth-order valence-electron chi connectivity index (χ4n) is 3.01. The van der Waals surface area contributed by atoms with E-state index in [-0.39, 0.29) is 5.60 Å². The van der Waals surface area contributed by atoms with Crippen LogP contribution in [0.1, 0.15) is 58.8 Å². The third kappa shape index (κ3) is 6.17. The van der Waals surface area contributed by atoms with Gasteiger partial charge >= 0.3 is 0 Å². The van der Waals surface area contributed by atoms with Gasteiger partial charge in [-0.05, 0) is 44.6 Å². The molecule has 0 saturated heterocycles. The van der Waals surface area contributed by atoms with Gasteiger partial charge in [-0.1, -0.05) is 26.7 Å². The molecule has 1 fully saturated rings. The van der Waals surface area contributed by atoms with Crippen molar-refractivity contribution in [2.45, 2.75) is 70.8 Å². The van der Waals surface area contributed by atoms with Crippen molar-refractivity contribution in [1.29, 1.82) is 0 Å². The molecular formula is C15H29F2NO. The van der Waals surface area contributed by atoms with Crippen LogP contribution in [0.4, 0.5) is 8.78 Å². The molecule has 1 aliphatic carbocycles. The van der Waals surface area contributed by atoms with Gasteiger partial charge in [0.2, 0.25) is 0 Å². The van der Waals surface area contributed by atoms with Crippen LogP contribution in [0.15, 0.2) is 0 Å². The Balaban J connectivity index is 2.46. The molecule has 0 aromatic rings. The summed E-state index contributed by atoms with van der Waals surface area (Å²) in [6, 6.07) is 0. The lowest BCUT2D eigenvalue weighted by Crippen LogP contribution is -2.47. The van der Waals surface area contributed by atoms with Crippen molar-refractivity contribution in [3.05, 3.63) is 0 Å². The van der Waals surface area contributed by atoms with E-state index in [4.69, 9.17) is 4.74 Å². The van der Waals surface area contributed by atoms with Gasteiger partial charge in [-0.15, -0.1) is 0 Å². The van der Waals surface area contributed by atoms with Crippen LogP contribution in [0, 0.1) is 5.92 Å². The molecule has 1 N–H and O–H groups in total. The van der Waals surface area contributed by atoms with E-state index in [1.54, 1.807) is 0 Å². The van der Waals surface area contributed by atoms with Gasteiger partial charge in [0.1, 0.15) is 6.61 Å². The molecule has 114 valence electrons. The summed E-state index contributed by atoms with van der Waals surface area (Å²) in [4.78, 5) is 0. The predicted octanol–water partition coefficient (Wildman–Crippen LogP) is 4.00. The minimum absolute atomic E-state index is 0.351. The molecule has 4 heteroatoms. The van der Waals surface area contributed by atoms with Crippen molar-refractivity contribution in [3.8, 4) is 0 Å². The quantitative estimate of drug-likeness (QED) is 0.643. The highest BCUT2D eigenvalue weighted by molar-refractivity contribution is 4.89. The van der Waals surface area contributed by atoms with Gasteiger partial charge in [0, 0.05) is 6.54 Å². The average molecular weight is 277 g/mol. The molecule has 0 radical (unpaired) electrons. The molecule has 1 rings (SSSR count). The standard InChI is InChI=1S/C15H29F2NO/c1-3-5-13-6-8-15(9-7-13,12-18-10-4-2)19-11-14(16)17/h13-14,18H,3-12H2,1-2H3. The SMILES string of the molecule is CCCNCC1(OCC(F)F)CCC(CCC)CC1.